The quantitative estimate of drug-likeness (QED) is 0.897. The van der Waals surface area contributed by atoms with Crippen molar-refractivity contribution >= 4 is 11.6 Å². The van der Waals surface area contributed by atoms with Crippen molar-refractivity contribution < 1.29 is 22.7 Å². The highest BCUT2D eigenvalue weighted by molar-refractivity contribution is 5.97. The molecule has 1 atom stereocenters. The van der Waals surface area contributed by atoms with Crippen LogP contribution in [0.2, 0.25) is 0 Å². The van der Waals surface area contributed by atoms with Crippen LogP contribution in [0.5, 0.6) is 5.75 Å². The Morgan fingerprint density at radius 3 is 2.55 bits per heavy atom. The molecule has 0 saturated carbocycles. The van der Waals surface area contributed by atoms with E-state index in [1.165, 1.54) is 24.3 Å². The smallest absolute Gasteiger partial charge is 0.422 e. The fraction of sp³-hybridized carbons (Fsp3) is 0.533. The van der Waals surface area contributed by atoms with Gasteiger partial charge in [-0.15, -0.1) is 0 Å². The largest absolute Gasteiger partial charge is 0.484 e. The van der Waals surface area contributed by atoms with E-state index in [0.29, 0.717) is 5.69 Å². The number of amides is 1. The summed E-state index contributed by atoms with van der Waals surface area (Å²) in [7, 11) is 0. The van der Waals surface area contributed by atoms with Crippen molar-refractivity contribution in [2.45, 2.75) is 37.9 Å². The van der Waals surface area contributed by atoms with Crippen molar-refractivity contribution in [3.8, 4) is 5.75 Å². The molecule has 1 aromatic rings. The normalized spacial score (nSPS) is 22.2. The number of hydrogen-bond acceptors (Lipinski definition) is 3. The summed E-state index contributed by atoms with van der Waals surface area (Å²) in [6, 6.07) is 5.85. The van der Waals surface area contributed by atoms with Gasteiger partial charge in [-0.1, -0.05) is 0 Å². The number of carbonyl (C=O) groups is 1. The van der Waals surface area contributed by atoms with E-state index < -0.39 is 18.3 Å². The molecule has 1 heterocycles. The zero-order valence-corrected chi connectivity index (χ0v) is 12.3. The number of nitrogens with one attached hydrogen (secondary N) is 2. The molecule has 1 amide bonds. The van der Waals surface area contributed by atoms with Gasteiger partial charge in [-0.25, -0.2) is 0 Å². The van der Waals surface area contributed by atoms with Crippen molar-refractivity contribution in [2.24, 2.45) is 0 Å². The van der Waals surface area contributed by atoms with Gasteiger partial charge in [0, 0.05) is 5.69 Å². The molecular weight excluding hydrogens is 297 g/mol. The average Bonchev–Trinajstić information content (AvgIpc) is 2.46. The van der Waals surface area contributed by atoms with Gasteiger partial charge in [0.25, 0.3) is 0 Å². The van der Waals surface area contributed by atoms with Crippen LogP contribution in [0, 0.1) is 0 Å². The maximum atomic E-state index is 12.3. The summed E-state index contributed by atoms with van der Waals surface area (Å²) >= 11 is 0. The molecular formula is C15H19F3N2O2. The summed E-state index contributed by atoms with van der Waals surface area (Å²) in [4.78, 5) is 12.3. The van der Waals surface area contributed by atoms with Gasteiger partial charge in [-0.2, -0.15) is 13.2 Å². The number of benzene rings is 1. The molecule has 1 aliphatic heterocycles. The number of rotatable bonds is 4. The summed E-state index contributed by atoms with van der Waals surface area (Å²) in [6.45, 7) is 1.32. The summed E-state index contributed by atoms with van der Waals surface area (Å²) in [5.41, 5.74) is -0.0815. The second-order valence-corrected chi connectivity index (χ2v) is 5.60. The first-order chi connectivity index (χ1) is 10.3. The van der Waals surface area contributed by atoms with E-state index >= 15 is 0 Å². The first-order valence-electron chi connectivity index (χ1n) is 7.15. The van der Waals surface area contributed by atoms with Gasteiger partial charge < -0.3 is 15.4 Å². The Kier molecular flexibility index (Phi) is 4.95. The standard InChI is InChI=1S/C15H19F3N2O2/c1-14(8-2-3-9-19-14)13(21)20-11-4-6-12(7-5-11)22-10-15(16,17)18/h4-7,19H,2-3,8-10H2,1H3,(H,20,21). The molecule has 122 valence electrons. The lowest BCUT2D eigenvalue weighted by Gasteiger charge is -2.33. The zero-order chi connectivity index (χ0) is 16.2. The van der Waals surface area contributed by atoms with E-state index in [-0.39, 0.29) is 11.7 Å². The lowest BCUT2D eigenvalue weighted by molar-refractivity contribution is -0.153. The number of anilines is 1. The Balaban J connectivity index is 1.92. The molecule has 4 nitrogen and oxygen atoms in total. The van der Waals surface area contributed by atoms with Crippen LogP contribution in [0.1, 0.15) is 26.2 Å². The highest BCUT2D eigenvalue weighted by atomic mass is 19.4. The highest BCUT2D eigenvalue weighted by Gasteiger charge is 2.34. The Hall–Kier alpha value is -1.76. The summed E-state index contributed by atoms with van der Waals surface area (Å²) in [5, 5.41) is 5.97. The van der Waals surface area contributed by atoms with Crippen molar-refractivity contribution in [3.63, 3.8) is 0 Å². The zero-order valence-electron chi connectivity index (χ0n) is 12.3. The van der Waals surface area contributed by atoms with E-state index in [1.807, 2.05) is 6.92 Å². The number of alkyl halides is 3. The minimum absolute atomic E-state index is 0.109. The van der Waals surface area contributed by atoms with Gasteiger partial charge in [-0.3, -0.25) is 4.79 Å². The molecule has 1 unspecified atom stereocenters. The first kappa shape index (κ1) is 16.6. The predicted molar refractivity (Wildman–Crippen MR) is 76.9 cm³/mol. The van der Waals surface area contributed by atoms with Crippen LogP contribution in [0.15, 0.2) is 24.3 Å². The van der Waals surface area contributed by atoms with Crippen LogP contribution in [0.25, 0.3) is 0 Å². The maximum Gasteiger partial charge on any atom is 0.422 e. The van der Waals surface area contributed by atoms with E-state index in [4.69, 9.17) is 0 Å². The minimum atomic E-state index is -4.37. The number of piperidine rings is 1. The molecule has 0 spiro atoms. The van der Waals surface area contributed by atoms with Gasteiger partial charge in [0.2, 0.25) is 5.91 Å². The molecule has 1 saturated heterocycles. The molecule has 0 bridgehead atoms. The van der Waals surface area contributed by atoms with Crippen molar-refractivity contribution in [2.75, 3.05) is 18.5 Å². The molecule has 1 fully saturated rings. The van der Waals surface area contributed by atoms with E-state index in [1.54, 1.807) is 0 Å². The van der Waals surface area contributed by atoms with Crippen LogP contribution in [-0.4, -0.2) is 30.8 Å². The molecule has 0 aromatic heterocycles. The monoisotopic (exact) mass is 316 g/mol. The van der Waals surface area contributed by atoms with Gasteiger partial charge in [0.1, 0.15) is 5.75 Å². The fourth-order valence-corrected chi connectivity index (χ4v) is 2.32. The number of ether oxygens (including phenoxy) is 1. The van der Waals surface area contributed by atoms with E-state index in [0.717, 1.165) is 25.8 Å². The van der Waals surface area contributed by atoms with Crippen molar-refractivity contribution in [1.82, 2.24) is 5.32 Å². The Morgan fingerprint density at radius 1 is 1.32 bits per heavy atom. The summed E-state index contributed by atoms with van der Waals surface area (Å²) in [5.74, 6) is -0.0338. The van der Waals surface area contributed by atoms with Gasteiger partial charge in [0.05, 0.1) is 5.54 Å². The van der Waals surface area contributed by atoms with Crippen LogP contribution in [0.4, 0.5) is 18.9 Å². The molecule has 2 N–H and O–H groups in total. The maximum absolute atomic E-state index is 12.3. The fourth-order valence-electron chi connectivity index (χ4n) is 2.32. The Bertz CT molecular complexity index is 509. The SMILES string of the molecule is CC1(C(=O)Nc2ccc(OCC(F)(F)F)cc2)CCCCN1. The molecule has 0 aliphatic carbocycles. The Labute approximate surface area is 127 Å². The lowest BCUT2D eigenvalue weighted by Crippen LogP contribution is -2.54. The summed E-state index contributed by atoms with van der Waals surface area (Å²) in [6.07, 6.45) is -1.57. The van der Waals surface area contributed by atoms with E-state index in [9.17, 15) is 18.0 Å². The molecule has 1 aliphatic rings. The molecule has 0 radical (unpaired) electrons. The van der Waals surface area contributed by atoms with Crippen molar-refractivity contribution in [1.29, 1.82) is 0 Å². The predicted octanol–water partition coefficient (Wildman–Crippen LogP) is 3.10. The average molecular weight is 316 g/mol. The second kappa shape index (κ2) is 6.56. The minimum Gasteiger partial charge on any atom is -0.484 e. The third-order valence-corrected chi connectivity index (χ3v) is 3.63. The van der Waals surface area contributed by atoms with Crippen LogP contribution in [0.3, 0.4) is 0 Å². The van der Waals surface area contributed by atoms with Crippen LogP contribution in [-0.2, 0) is 4.79 Å². The number of halogens is 3. The van der Waals surface area contributed by atoms with Gasteiger partial charge in [-0.05, 0) is 57.0 Å². The van der Waals surface area contributed by atoms with E-state index in [2.05, 4.69) is 15.4 Å². The molecule has 7 heteroatoms. The first-order valence-corrected chi connectivity index (χ1v) is 7.15. The number of carbonyl (C=O) groups excluding carboxylic acids is 1. The van der Waals surface area contributed by atoms with Crippen LogP contribution >= 0.6 is 0 Å². The summed E-state index contributed by atoms with van der Waals surface area (Å²) < 4.78 is 40.8. The third-order valence-electron chi connectivity index (χ3n) is 3.63. The molecule has 2 rings (SSSR count). The highest BCUT2D eigenvalue weighted by Crippen LogP contribution is 2.23. The van der Waals surface area contributed by atoms with Gasteiger partial charge in [0.15, 0.2) is 6.61 Å². The number of hydrogen-bond donors (Lipinski definition) is 2. The molecule has 1 aromatic carbocycles. The van der Waals surface area contributed by atoms with Crippen LogP contribution < -0.4 is 15.4 Å². The van der Waals surface area contributed by atoms with Gasteiger partial charge >= 0.3 is 6.18 Å². The third kappa shape index (κ3) is 4.62. The topological polar surface area (TPSA) is 50.4 Å². The van der Waals surface area contributed by atoms with Crippen molar-refractivity contribution in [3.05, 3.63) is 24.3 Å². The Morgan fingerprint density at radius 2 is 2.00 bits per heavy atom. The second-order valence-electron chi connectivity index (χ2n) is 5.60. The molecule has 22 heavy (non-hydrogen) atoms. The lowest BCUT2D eigenvalue weighted by atomic mass is 9.90.